The zero-order valence-corrected chi connectivity index (χ0v) is 17.6. The van der Waals surface area contributed by atoms with Gasteiger partial charge in [0.2, 0.25) is 0 Å². The van der Waals surface area contributed by atoms with E-state index in [2.05, 4.69) is 10.2 Å². The van der Waals surface area contributed by atoms with Gasteiger partial charge in [0.25, 0.3) is 0 Å². The molecule has 0 aliphatic carbocycles. The summed E-state index contributed by atoms with van der Waals surface area (Å²) in [7, 11) is 2.91. The summed E-state index contributed by atoms with van der Waals surface area (Å²) in [4.78, 5) is 28.7. The van der Waals surface area contributed by atoms with Crippen LogP contribution in [0.2, 0.25) is 10.0 Å². The highest BCUT2D eigenvalue weighted by molar-refractivity contribution is 6.40. The number of carbonyl (C=O) groups excluding carboxylic acids is 2. The molecule has 1 N–H and O–H groups in total. The first-order chi connectivity index (χ1) is 13.9. The molecule has 0 unspecified atom stereocenters. The SMILES string of the molecule is COc1cc(NC(=O)C(=O)N2CCN(c3cccc(Cl)c3)CC2)c(OC)cc1Cl. The van der Waals surface area contributed by atoms with Crippen molar-refractivity contribution in [1.82, 2.24) is 4.90 Å². The van der Waals surface area contributed by atoms with E-state index in [1.54, 1.807) is 0 Å². The summed E-state index contributed by atoms with van der Waals surface area (Å²) in [6.07, 6.45) is 0. The predicted octanol–water partition coefficient (Wildman–Crippen LogP) is 3.30. The Morgan fingerprint density at radius 2 is 1.66 bits per heavy atom. The van der Waals surface area contributed by atoms with Gasteiger partial charge in [-0.15, -0.1) is 0 Å². The average Bonchev–Trinajstić information content (AvgIpc) is 2.74. The van der Waals surface area contributed by atoms with Crippen molar-refractivity contribution >= 4 is 46.4 Å². The monoisotopic (exact) mass is 437 g/mol. The zero-order chi connectivity index (χ0) is 21.0. The number of piperazine rings is 1. The molecule has 3 rings (SSSR count). The van der Waals surface area contributed by atoms with Gasteiger partial charge in [-0.3, -0.25) is 9.59 Å². The van der Waals surface area contributed by atoms with Gasteiger partial charge in [-0.05, 0) is 18.2 Å². The van der Waals surface area contributed by atoms with E-state index in [-0.39, 0.29) is 0 Å². The minimum atomic E-state index is -0.746. The molecule has 1 aliphatic rings. The van der Waals surface area contributed by atoms with Crippen LogP contribution in [0.1, 0.15) is 0 Å². The molecule has 1 heterocycles. The second-order valence-electron chi connectivity index (χ2n) is 6.40. The highest BCUT2D eigenvalue weighted by Crippen LogP contribution is 2.35. The number of nitrogens with one attached hydrogen (secondary N) is 1. The molecule has 29 heavy (non-hydrogen) atoms. The van der Waals surface area contributed by atoms with Gasteiger partial charge in [0.15, 0.2) is 0 Å². The van der Waals surface area contributed by atoms with Crippen molar-refractivity contribution < 1.29 is 19.1 Å². The van der Waals surface area contributed by atoms with Crippen LogP contribution in [0.5, 0.6) is 11.5 Å². The lowest BCUT2D eigenvalue weighted by molar-refractivity contribution is -0.143. The molecule has 1 saturated heterocycles. The van der Waals surface area contributed by atoms with Gasteiger partial charge in [-0.25, -0.2) is 0 Å². The summed E-state index contributed by atoms with van der Waals surface area (Å²) in [5.74, 6) is -0.649. The molecule has 0 spiro atoms. The third-order valence-corrected chi connectivity index (χ3v) is 5.19. The van der Waals surface area contributed by atoms with Gasteiger partial charge in [0.05, 0.1) is 24.9 Å². The number of nitrogens with zero attached hydrogens (tertiary/aromatic N) is 2. The van der Waals surface area contributed by atoms with Gasteiger partial charge in [-0.2, -0.15) is 0 Å². The Morgan fingerprint density at radius 1 is 0.966 bits per heavy atom. The zero-order valence-electron chi connectivity index (χ0n) is 16.1. The molecule has 2 amide bonds. The number of methoxy groups -OCH3 is 2. The molecule has 2 aromatic carbocycles. The molecule has 9 heteroatoms. The van der Waals surface area contributed by atoms with Crippen LogP contribution < -0.4 is 19.7 Å². The lowest BCUT2D eigenvalue weighted by Gasteiger charge is -2.35. The van der Waals surface area contributed by atoms with Crippen molar-refractivity contribution in [2.24, 2.45) is 0 Å². The number of carbonyl (C=O) groups is 2. The fourth-order valence-corrected chi connectivity index (χ4v) is 3.53. The first-order valence-electron chi connectivity index (χ1n) is 8.95. The summed E-state index contributed by atoms with van der Waals surface area (Å²) in [6, 6.07) is 10.6. The highest BCUT2D eigenvalue weighted by Gasteiger charge is 2.27. The number of hydrogen-bond acceptors (Lipinski definition) is 5. The fourth-order valence-electron chi connectivity index (χ4n) is 3.12. The van der Waals surface area contributed by atoms with Gasteiger partial charge in [0, 0.05) is 49.0 Å². The van der Waals surface area contributed by atoms with E-state index in [9.17, 15) is 9.59 Å². The first kappa shape index (κ1) is 21.1. The minimum Gasteiger partial charge on any atom is -0.495 e. The maximum absolute atomic E-state index is 12.6. The van der Waals surface area contributed by atoms with Crippen LogP contribution in [0.4, 0.5) is 11.4 Å². The Kier molecular flexibility index (Phi) is 6.71. The third kappa shape index (κ3) is 4.86. The van der Waals surface area contributed by atoms with E-state index in [0.29, 0.717) is 53.4 Å². The molecular formula is C20H21Cl2N3O4. The minimum absolute atomic E-state index is 0.310. The molecule has 154 valence electrons. The summed E-state index contributed by atoms with van der Waals surface area (Å²) < 4.78 is 10.4. The van der Waals surface area contributed by atoms with Gasteiger partial charge < -0.3 is 24.6 Å². The smallest absolute Gasteiger partial charge is 0.314 e. The van der Waals surface area contributed by atoms with Crippen molar-refractivity contribution in [3.63, 3.8) is 0 Å². The highest BCUT2D eigenvalue weighted by atomic mass is 35.5. The molecule has 0 radical (unpaired) electrons. The molecule has 2 aromatic rings. The maximum Gasteiger partial charge on any atom is 0.314 e. The van der Waals surface area contributed by atoms with Crippen LogP contribution in [0.15, 0.2) is 36.4 Å². The number of hydrogen-bond donors (Lipinski definition) is 1. The van der Waals surface area contributed by atoms with Gasteiger partial charge in [0.1, 0.15) is 11.5 Å². The molecule has 0 bridgehead atoms. The van der Waals surface area contributed by atoms with E-state index in [0.717, 1.165) is 5.69 Å². The number of anilines is 2. The molecular weight excluding hydrogens is 417 g/mol. The molecule has 1 fully saturated rings. The predicted molar refractivity (Wildman–Crippen MR) is 113 cm³/mol. The average molecular weight is 438 g/mol. The number of ether oxygens (including phenoxy) is 2. The van der Waals surface area contributed by atoms with Gasteiger partial charge in [-0.1, -0.05) is 29.3 Å². The van der Waals surface area contributed by atoms with E-state index >= 15 is 0 Å². The normalized spacial score (nSPS) is 13.8. The molecule has 1 aliphatic heterocycles. The Morgan fingerprint density at radius 3 is 2.28 bits per heavy atom. The summed E-state index contributed by atoms with van der Waals surface area (Å²) in [6.45, 7) is 2.08. The Hall–Kier alpha value is -2.64. The molecule has 0 atom stereocenters. The van der Waals surface area contributed by atoms with Crippen LogP contribution >= 0.6 is 23.2 Å². The largest absolute Gasteiger partial charge is 0.495 e. The number of benzene rings is 2. The Balaban J connectivity index is 1.64. The van der Waals surface area contributed by atoms with E-state index < -0.39 is 11.8 Å². The van der Waals surface area contributed by atoms with Crippen molar-refractivity contribution in [2.45, 2.75) is 0 Å². The van der Waals surface area contributed by atoms with Crippen LogP contribution in [-0.4, -0.2) is 57.1 Å². The van der Waals surface area contributed by atoms with E-state index in [4.69, 9.17) is 32.7 Å². The number of amides is 2. The van der Waals surface area contributed by atoms with Crippen molar-refractivity contribution in [2.75, 3.05) is 50.6 Å². The van der Waals surface area contributed by atoms with Crippen molar-refractivity contribution in [3.05, 3.63) is 46.4 Å². The third-order valence-electron chi connectivity index (χ3n) is 4.66. The standard InChI is InChI=1S/C20H21Cl2N3O4/c1-28-17-12-16(18(29-2)11-15(17)22)23-19(26)20(27)25-8-6-24(7-9-25)14-5-3-4-13(21)10-14/h3-5,10-12H,6-9H2,1-2H3,(H,23,26). The Bertz CT molecular complexity index is 915. The number of rotatable bonds is 4. The van der Waals surface area contributed by atoms with E-state index in [1.807, 2.05) is 24.3 Å². The second kappa shape index (κ2) is 9.24. The van der Waals surface area contributed by atoms with Crippen LogP contribution in [0.3, 0.4) is 0 Å². The van der Waals surface area contributed by atoms with Gasteiger partial charge >= 0.3 is 11.8 Å². The quantitative estimate of drug-likeness (QED) is 0.742. The summed E-state index contributed by atoms with van der Waals surface area (Å²) in [5.41, 5.74) is 1.30. The first-order valence-corrected chi connectivity index (χ1v) is 9.71. The van der Waals surface area contributed by atoms with Crippen LogP contribution in [-0.2, 0) is 9.59 Å². The molecule has 0 saturated carbocycles. The van der Waals surface area contributed by atoms with Crippen LogP contribution in [0, 0.1) is 0 Å². The Labute approximate surface area is 179 Å². The molecule has 0 aromatic heterocycles. The maximum atomic E-state index is 12.6. The van der Waals surface area contributed by atoms with Crippen molar-refractivity contribution in [3.8, 4) is 11.5 Å². The van der Waals surface area contributed by atoms with Crippen molar-refractivity contribution in [1.29, 1.82) is 0 Å². The van der Waals surface area contributed by atoms with E-state index in [1.165, 1.54) is 31.3 Å². The van der Waals surface area contributed by atoms with Crippen LogP contribution in [0.25, 0.3) is 0 Å². The summed E-state index contributed by atoms with van der Waals surface area (Å²) >= 11 is 12.1. The second-order valence-corrected chi connectivity index (χ2v) is 7.24. The number of halogens is 2. The summed E-state index contributed by atoms with van der Waals surface area (Å²) in [5, 5.41) is 3.58. The topological polar surface area (TPSA) is 71.1 Å². The lowest BCUT2D eigenvalue weighted by Crippen LogP contribution is -2.51. The fraction of sp³-hybridized carbons (Fsp3) is 0.300. The lowest BCUT2D eigenvalue weighted by atomic mass is 10.2. The molecule has 7 nitrogen and oxygen atoms in total.